The van der Waals surface area contributed by atoms with E-state index in [4.69, 9.17) is 0 Å². The second kappa shape index (κ2) is 8.08. The number of hydrogen-bond donors (Lipinski definition) is 1. The number of rotatable bonds is 4. The van der Waals surface area contributed by atoms with Gasteiger partial charge in [0.05, 0.1) is 13.1 Å². The van der Waals surface area contributed by atoms with Crippen LogP contribution in [0.2, 0.25) is 0 Å². The number of benzene rings is 2. The van der Waals surface area contributed by atoms with Crippen molar-refractivity contribution in [2.75, 3.05) is 0 Å². The van der Waals surface area contributed by atoms with Crippen LogP contribution in [-0.4, -0.2) is 32.9 Å². The molecule has 2 aromatic carbocycles. The van der Waals surface area contributed by atoms with Crippen LogP contribution >= 0.6 is 0 Å². The van der Waals surface area contributed by atoms with E-state index in [0.717, 1.165) is 36.6 Å². The summed E-state index contributed by atoms with van der Waals surface area (Å²) in [4.78, 5) is 28.9. The molecule has 5 rings (SSSR count). The molecule has 2 amide bonds. The summed E-state index contributed by atoms with van der Waals surface area (Å²) in [7, 11) is 0. The summed E-state index contributed by atoms with van der Waals surface area (Å²) in [6.07, 6.45) is 5.32. The highest BCUT2D eigenvalue weighted by Gasteiger charge is 2.48. The van der Waals surface area contributed by atoms with Crippen LogP contribution in [0.25, 0.3) is 10.9 Å². The van der Waals surface area contributed by atoms with Gasteiger partial charge in [0, 0.05) is 22.5 Å². The first kappa shape index (κ1) is 20.7. The quantitative estimate of drug-likeness (QED) is 0.652. The van der Waals surface area contributed by atoms with Crippen LogP contribution < -0.4 is 5.32 Å². The van der Waals surface area contributed by atoms with Crippen molar-refractivity contribution >= 4 is 22.7 Å². The molecule has 2 aliphatic rings. The molecule has 166 valence electrons. The highest BCUT2D eigenvalue weighted by atomic mass is 19.1. The summed E-state index contributed by atoms with van der Waals surface area (Å²) in [6.45, 7) is 2.18. The van der Waals surface area contributed by atoms with Gasteiger partial charge in [0.15, 0.2) is 0 Å². The lowest BCUT2D eigenvalue weighted by atomic mass is 9.91. The molecule has 2 heterocycles. The Morgan fingerprint density at radius 3 is 2.59 bits per heavy atom. The van der Waals surface area contributed by atoms with Crippen molar-refractivity contribution in [3.8, 4) is 0 Å². The Bertz CT molecular complexity index is 1180. The third-order valence-corrected chi connectivity index (χ3v) is 7.05. The second-order valence-corrected chi connectivity index (χ2v) is 9.24. The number of amides is 2. The summed E-state index contributed by atoms with van der Waals surface area (Å²) < 4.78 is 16.5. The van der Waals surface area contributed by atoms with E-state index in [1.807, 2.05) is 41.8 Å². The fraction of sp³-hybridized carbons (Fsp3) is 0.385. The molecule has 3 aromatic rings. The van der Waals surface area contributed by atoms with Gasteiger partial charge in [-0.2, -0.15) is 0 Å². The minimum absolute atomic E-state index is 0.0433. The minimum Gasteiger partial charge on any atom is -0.351 e. The molecule has 1 aromatic heterocycles. The third-order valence-electron chi connectivity index (χ3n) is 7.05. The molecule has 1 aliphatic carbocycles. The molecule has 1 aliphatic heterocycles. The highest BCUT2D eigenvalue weighted by Crippen LogP contribution is 2.34. The Balaban J connectivity index is 1.56. The Labute approximate surface area is 187 Å². The van der Waals surface area contributed by atoms with E-state index in [-0.39, 0.29) is 30.2 Å². The van der Waals surface area contributed by atoms with Gasteiger partial charge in [-0.05, 0) is 38.0 Å². The van der Waals surface area contributed by atoms with Gasteiger partial charge < -0.3 is 14.8 Å². The van der Waals surface area contributed by atoms with Crippen molar-refractivity contribution in [2.45, 2.75) is 63.7 Å². The maximum absolute atomic E-state index is 14.5. The molecule has 0 spiro atoms. The molecule has 0 bridgehead atoms. The topological polar surface area (TPSA) is 54.3 Å². The molecule has 1 fully saturated rings. The van der Waals surface area contributed by atoms with E-state index in [2.05, 4.69) is 5.32 Å². The molecular formula is C26H28FN3O2. The maximum Gasteiger partial charge on any atom is 0.271 e. The summed E-state index contributed by atoms with van der Waals surface area (Å²) in [6, 6.07) is 16.2. The Morgan fingerprint density at radius 2 is 1.81 bits per heavy atom. The van der Waals surface area contributed by atoms with Gasteiger partial charge in [-0.3, -0.25) is 9.59 Å². The van der Waals surface area contributed by atoms with E-state index >= 15 is 0 Å². The number of nitrogens with one attached hydrogen (secondary N) is 1. The number of carbonyl (C=O) groups excluding carboxylic acids is 2. The molecule has 6 heteroatoms. The lowest BCUT2D eigenvalue weighted by Gasteiger charge is -2.45. The highest BCUT2D eigenvalue weighted by molar-refractivity contribution is 6.03. The lowest BCUT2D eigenvalue weighted by molar-refractivity contribution is -0.134. The molecule has 5 nitrogen and oxygen atoms in total. The van der Waals surface area contributed by atoms with Crippen molar-refractivity contribution in [2.24, 2.45) is 0 Å². The largest absolute Gasteiger partial charge is 0.351 e. The first-order valence-electron chi connectivity index (χ1n) is 11.4. The lowest BCUT2D eigenvalue weighted by Crippen LogP contribution is -2.64. The number of fused-ring (bicyclic) bond motifs is 3. The first-order valence-corrected chi connectivity index (χ1v) is 11.4. The average molecular weight is 434 g/mol. The summed E-state index contributed by atoms with van der Waals surface area (Å²) >= 11 is 0. The standard InChI is InChI=1S/C26H28FN3O2/c1-26(25(32)28-20-11-3-2-4-12-20)17-29-22-14-8-6-9-18(22)15-23(29)24(31)30(26)16-19-10-5-7-13-21(19)27/h5-10,13-15,20H,2-4,11-12,16-17H2,1H3,(H,28,32)/t26-/m1/s1. The molecular weight excluding hydrogens is 405 g/mol. The number of para-hydroxylation sites is 1. The van der Waals surface area contributed by atoms with Crippen LogP contribution in [-0.2, 0) is 17.9 Å². The van der Waals surface area contributed by atoms with Crippen molar-refractivity contribution in [1.82, 2.24) is 14.8 Å². The summed E-state index contributed by atoms with van der Waals surface area (Å²) in [5.41, 5.74) is 0.733. The van der Waals surface area contributed by atoms with Crippen molar-refractivity contribution in [3.63, 3.8) is 0 Å². The number of nitrogens with zero attached hydrogens (tertiary/aromatic N) is 2. The Hall–Kier alpha value is -3.15. The van der Waals surface area contributed by atoms with Gasteiger partial charge >= 0.3 is 0 Å². The van der Waals surface area contributed by atoms with E-state index in [9.17, 15) is 14.0 Å². The second-order valence-electron chi connectivity index (χ2n) is 9.24. The van der Waals surface area contributed by atoms with Crippen LogP contribution in [0.1, 0.15) is 55.1 Å². The third kappa shape index (κ3) is 3.48. The van der Waals surface area contributed by atoms with Crippen molar-refractivity contribution < 1.29 is 14.0 Å². The van der Waals surface area contributed by atoms with E-state index in [1.165, 1.54) is 12.5 Å². The van der Waals surface area contributed by atoms with Crippen LogP contribution in [0, 0.1) is 5.82 Å². The summed E-state index contributed by atoms with van der Waals surface area (Å²) in [5.74, 6) is -0.795. The number of hydrogen-bond acceptors (Lipinski definition) is 2. The van der Waals surface area contributed by atoms with Crippen LogP contribution in [0.4, 0.5) is 4.39 Å². The maximum atomic E-state index is 14.5. The molecule has 0 unspecified atom stereocenters. The number of halogens is 1. The molecule has 0 saturated heterocycles. The SMILES string of the molecule is C[C@]1(C(=O)NC2CCCCC2)Cn2c(cc3ccccc32)C(=O)N1Cc1ccccc1F. The van der Waals surface area contributed by atoms with Crippen LogP contribution in [0.5, 0.6) is 0 Å². The minimum atomic E-state index is -1.13. The van der Waals surface area contributed by atoms with E-state index in [1.54, 1.807) is 23.1 Å². The fourth-order valence-corrected chi connectivity index (χ4v) is 5.14. The van der Waals surface area contributed by atoms with Gasteiger partial charge in [0.1, 0.15) is 17.1 Å². The molecule has 1 N–H and O–H groups in total. The zero-order chi connectivity index (χ0) is 22.3. The smallest absolute Gasteiger partial charge is 0.271 e. The van der Waals surface area contributed by atoms with Gasteiger partial charge in [0.2, 0.25) is 5.91 Å². The molecule has 32 heavy (non-hydrogen) atoms. The Morgan fingerprint density at radius 1 is 1.09 bits per heavy atom. The van der Waals surface area contributed by atoms with Crippen molar-refractivity contribution in [3.05, 3.63) is 71.7 Å². The van der Waals surface area contributed by atoms with E-state index in [0.29, 0.717) is 17.8 Å². The van der Waals surface area contributed by atoms with Crippen LogP contribution in [0.15, 0.2) is 54.6 Å². The normalized spacial score (nSPS) is 21.6. The van der Waals surface area contributed by atoms with Gasteiger partial charge in [-0.1, -0.05) is 55.7 Å². The van der Waals surface area contributed by atoms with Crippen molar-refractivity contribution in [1.29, 1.82) is 0 Å². The summed E-state index contributed by atoms with van der Waals surface area (Å²) in [5, 5.41) is 4.17. The predicted molar refractivity (Wildman–Crippen MR) is 122 cm³/mol. The zero-order valence-corrected chi connectivity index (χ0v) is 18.3. The first-order chi connectivity index (χ1) is 15.5. The van der Waals surface area contributed by atoms with Crippen LogP contribution in [0.3, 0.4) is 0 Å². The predicted octanol–water partition coefficient (Wildman–Crippen LogP) is 4.64. The fourth-order valence-electron chi connectivity index (χ4n) is 5.14. The number of aromatic nitrogens is 1. The van der Waals surface area contributed by atoms with Gasteiger partial charge in [-0.15, -0.1) is 0 Å². The molecule has 0 radical (unpaired) electrons. The van der Waals surface area contributed by atoms with Gasteiger partial charge in [0.25, 0.3) is 5.91 Å². The number of carbonyl (C=O) groups is 2. The van der Waals surface area contributed by atoms with Gasteiger partial charge in [-0.25, -0.2) is 4.39 Å². The molecule has 1 atom stereocenters. The monoisotopic (exact) mass is 433 g/mol. The van der Waals surface area contributed by atoms with E-state index < -0.39 is 5.54 Å². The Kier molecular flexibility index (Phi) is 5.24. The molecule has 1 saturated carbocycles. The average Bonchev–Trinajstić information content (AvgIpc) is 3.17. The zero-order valence-electron chi connectivity index (χ0n) is 18.3.